The van der Waals surface area contributed by atoms with E-state index in [0.717, 1.165) is 38.5 Å². The molecule has 0 amide bonds. The first-order valence-electron chi connectivity index (χ1n) is 5.75. The standard InChI is InChI=1S/C11H23NO2/c1-10(3-2-7-13)12-6-8-14-9-11-4-5-11/h10-13H,2-9H2,1H3. The Morgan fingerprint density at radius 1 is 1.50 bits per heavy atom. The lowest BCUT2D eigenvalue weighted by Crippen LogP contribution is -2.29. The second kappa shape index (κ2) is 7.21. The van der Waals surface area contributed by atoms with Gasteiger partial charge in [0.2, 0.25) is 0 Å². The van der Waals surface area contributed by atoms with Crippen molar-refractivity contribution in [1.82, 2.24) is 5.32 Å². The fraction of sp³-hybridized carbons (Fsp3) is 1.00. The lowest BCUT2D eigenvalue weighted by molar-refractivity contribution is 0.124. The molecule has 3 heteroatoms. The first-order valence-corrected chi connectivity index (χ1v) is 5.75. The Morgan fingerprint density at radius 3 is 2.93 bits per heavy atom. The molecule has 1 unspecified atom stereocenters. The highest BCUT2D eigenvalue weighted by atomic mass is 16.5. The van der Waals surface area contributed by atoms with Crippen molar-refractivity contribution in [3.05, 3.63) is 0 Å². The molecule has 14 heavy (non-hydrogen) atoms. The summed E-state index contributed by atoms with van der Waals surface area (Å²) in [6.07, 6.45) is 4.65. The van der Waals surface area contributed by atoms with Crippen LogP contribution in [0, 0.1) is 5.92 Å². The van der Waals surface area contributed by atoms with Gasteiger partial charge in [-0.2, -0.15) is 0 Å². The van der Waals surface area contributed by atoms with Crippen LogP contribution in [-0.2, 0) is 4.74 Å². The zero-order chi connectivity index (χ0) is 10.2. The van der Waals surface area contributed by atoms with E-state index in [-0.39, 0.29) is 0 Å². The minimum atomic E-state index is 0.296. The third kappa shape index (κ3) is 6.35. The van der Waals surface area contributed by atoms with Crippen LogP contribution < -0.4 is 5.32 Å². The molecule has 0 spiro atoms. The molecule has 1 rings (SSSR count). The Balaban J connectivity index is 1.77. The first-order chi connectivity index (χ1) is 6.83. The SMILES string of the molecule is CC(CCCO)NCCOCC1CC1. The predicted molar refractivity (Wildman–Crippen MR) is 57.3 cm³/mol. The van der Waals surface area contributed by atoms with Crippen LogP contribution in [0.1, 0.15) is 32.6 Å². The molecule has 0 heterocycles. The summed E-state index contributed by atoms with van der Waals surface area (Å²) in [5, 5.41) is 12.0. The number of aliphatic hydroxyl groups is 1. The predicted octanol–water partition coefficient (Wildman–Crippen LogP) is 1.16. The maximum atomic E-state index is 8.64. The van der Waals surface area contributed by atoms with Crippen molar-refractivity contribution in [2.75, 3.05) is 26.4 Å². The van der Waals surface area contributed by atoms with Crippen LogP contribution in [0.5, 0.6) is 0 Å². The molecule has 0 bridgehead atoms. The minimum Gasteiger partial charge on any atom is -0.396 e. The fourth-order valence-corrected chi connectivity index (χ4v) is 1.41. The zero-order valence-electron chi connectivity index (χ0n) is 9.17. The molecular formula is C11H23NO2. The second-order valence-electron chi connectivity index (χ2n) is 4.24. The van der Waals surface area contributed by atoms with Crippen molar-refractivity contribution in [3.8, 4) is 0 Å². The smallest absolute Gasteiger partial charge is 0.0591 e. The Kier molecular flexibility index (Phi) is 6.15. The summed E-state index contributed by atoms with van der Waals surface area (Å²) in [4.78, 5) is 0. The highest BCUT2D eigenvalue weighted by Gasteiger charge is 2.20. The maximum Gasteiger partial charge on any atom is 0.0591 e. The molecule has 0 saturated heterocycles. The molecule has 0 radical (unpaired) electrons. The van der Waals surface area contributed by atoms with E-state index < -0.39 is 0 Å². The third-order valence-electron chi connectivity index (χ3n) is 2.58. The van der Waals surface area contributed by atoms with Gasteiger partial charge in [-0.05, 0) is 38.5 Å². The molecule has 0 aromatic rings. The van der Waals surface area contributed by atoms with Gasteiger partial charge in [0, 0.05) is 25.8 Å². The molecule has 1 aliphatic carbocycles. The third-order valence-corrected chi connectivity index (χ3v) is 2.58. The molecule has 1 saturated carbocycles. The summed E-state index contributed by atoms with van der Waals surface area (Å²) in [5.74, 6) is 0.863. The molecule has 0 aliphatic heterocycles. The molecule has 1 fully saturated rings. The molecule has 2 N–H and O–H groups in total. The zero-order valence-corrected chi connectivity index (χ0v) is 9.17. The minimum absolute atomic E-state index is 0.296. The van der Waals surface area contributed by atoms with Crippen LogP contribution in [0.4, 0.5) is 0 Å². The van der Waals surface area contributed by atoms with Gasteiger partial charge >= 0.3 is 0 Å². The summed E-state index contributed by atoms with van der Waals surface area (Å²) >= 11 is 0. The number of hydrogen-bond donors (Lipinski definition) is 2. The van der Waals surface area contributed by atoms with Crippen molar-refractivity contribution < 1.29 is 9.84 Å². The molecule has 84 valence electrons. The molecule has 1 atom stereocenters. The van der Waals surface area contributed by atoms with E-state index in [1.165, 1.54) is 12.8 Å². The van der Waals surface area contributed by atoms with Crippen molar-refractivity contribution in [3.63, 3.8) is 0 Å². The Hall–Kier alpha value is -0.120. The van der Waals surface area contributed by atoms with Crippen LogP contribution in [0.15, 0.2) is 0 Å². The first kappa shape index (κ1) is 12.0. The van der Waals surface area contributed by atoms with Gasteiger partial charge < -0.3 is 15.2 Å². The molecule has 0 aromatic carbocycles. The summed E-state index contributed by atoms with van der Waals surface area (Å²) < 4.78 is 5.50. The van der Waals surface area contributed by atoms with Gasteiger partial charge in [-0.3, -0.25) is 0 Å². The average Bonchev–Trinajstić information content (AvgIpc) is 2.98. The largest absolute Gasteiger partial charge is 0.396 e. The number of hydrogen-bond acceptors (Lipinski definition) is 3. The molecule has 0 aromatic heterocycles. The summed E-state index contributed by atoms with van der Waals surface area (Å²) in [6.45, 7) is 5.15. The second-order valence-corrected chi connectivity index (χ2v) is 4.24. The number of aliphatic hydroxyl groups excluding tert-OH is 1. The number of ether oxygens (including phenoxy) is 1. The van der Waals surface area contributed by atoms with E-state index >= 15 is 0 Å². The van der Waals surface area contributed by atoms with Crippen molar-refractivity contribution in [1.29, 1.82) is 0 Å². The normalized spacial score (nSPS) is 18.4. The van der Waals surface area contributed by atoms with E-state index in [0.29, 0.717) is 12.6 Å². The van der Waals surface area contributed by atoms with Crippen LogP contribution in [-0.4, -0.2) is 37.5 Å². The fourth-order valence-electron chi connectivity index (χ4n) is 1.41. The highest BCUT2D eigenvalue weighted by molar-refractivity contribution is 4.72. The summed E-state index contributed by atoms with van der Waals surface area (Å²) in [5.41, 5.74) is 0. The van der Waals surface area contributed by atoms with Gasteiger partial charge in [0.25, 0.3) is 0 Å². The quantitative estimate of drug-likeness (QED) is 0.550. The Bertz CT molecular complexity index is 137. The van der Waals surface area contributed by atoms with E-state index in [9.17, 15) is 0 Å². The Morgan fingerprint density at radius 2 is 2.29 bits per heavy atom. The van der Waals surface area contributed by atoms with Gasteiger partial charge in [-0.25, -0.2) is 0 Å². The number of nitrogens with one attached hydrogen (secondary N) is 1. The van der Waals surface area contributed by atoms with Crippen LogP contribution in [0.3, 0.4) is 0 Å². The monoisotopic (exact) mass is 201 g/mol. The van der Waals surface area contributed by atoms with Crippen molar-refractivity contribution >= 4 is 0 Å². The topological polar surface area (TPSA) is 41.5 Å². The van der Waals surface area contributed by atoms with Crippen LogP contribution >= 0.6 is 0 Å². The maximum absolute atomic E-state index is 8.64. The van der Waals surface area contributed by atoms with E-state index in [4.69, 9.17) is 9.84 Å². The van der Waals surface area contributed by atoms with E-state index in [1.807, 2.05) is 0 Å². The van der Waals surface area contributed by atoms with Gasteiger partial charge in [-0.1, -0.05) is 0 Å². The van der Waals surface area contributed by atoms with Crippen molar-refractivity contribution in [2.24, 2.45) is 5.92 Å². The number of rotatable bonds is 9. The lowest BCUT2D eigenvalue weighted by Gasteiger charge is -2.12. The molecular weight excluding hydrogens is 178 g/mol. The van der Waals surface area contributed by atoms with Gasteiger partial charge in [0.1, 0.15) is 0 Å². The lowest BCUT2D eigenvalue weighted by atomic mass is 10.2. The van der Waals surface area contributed by atoms with Gasteiger partial charge in [0.15, 0.2) is 0 Å². The summed E-state index contributed by atoms with van der Waals surface area (Å²) in [6, 6.07) is 0.492. The van der Waals surface area contributed by atoms with Crippen LogP contribution in [0.2, 0.25) is 0 Å². The Labute approximate surface area is 86.8 Å². The van der Waals surface area contributed by atoms with E-state index in [2.05, 4.69) is 12.2 Å². The van der Waals surface area contributed by atoms with Crippen LogP contribution in [0.25, 0.3) is 0 Å². The molecule has 3 nitrogen and oxygen atoms in total. The molecule has 1 aliphatic rings. The van der Waals surface area contributed by atoms with Crippen molar-refractivity contribution in [2.45, 2.75) is 38.6 Å². The van der Waals surface area contributed by atoms with E-state index in [1.54, 1.807) is 0 Å². The van der Waals surface area contributed by atoms with Gasteiger partial charge in [-0.15, -0.1) is 0 Å². The summed E-state index contributed by atoms with van der Waals surface area (Å²) in [7, 11) is 0. The van der Waals surface area contributed by atoms with Gasteiger partial charge in [0.05, 0.1) is 6.61 Å². The average molecular weight is 201 g/mol. The highest BCUT2D eigenvalue weighted by Crippen LogP contribution is 2.28.